The quantitative estimate of drug-likeness (QED) is 0.575. The Kier molecular flexibility index (Phi) is 6.82. The summed E-state index contributed by atoms with van der Waals surface area (Å²) in [5, 5.41) is 5.14. The van der Waals surface area contributed by atoms with E-state index in [0.717, 1.165) is 11.1 Å². The van der Waals surface area contributed by atoms with Crippen LogP contribution in [-0.4, -0.2) is 37.2 Å². The van der Waals surface area contributed by atoms with Crippen LogP contribution in [0, 0.1) is 13.8 Å². The van der Waals surface area contributed by atoms with Crippen molar-refractivity contribution in [3.05, 3.63) is 64.7 Å². The van der Waals surface area contributed by atoms with Gasteiger partial charge in [-0.3, -0.25) is 14.4 Å². The molecule has 2 amide bonds. The van der Waals surface area contributed by atoms with Crippen LogP contribution in [0.3, 0.4) is 0 Å². The first-order valence-corrected chi connectivity index (χ1v) is 8.26. The molecule has 0 saturated heterocycles. The number of ether oxygens (including phenoxy) is 1. The summed E-state index contributed by atoms with van der Waals surface area (Å²) in [6, 6.07) is 11.5. The van der Waals surface area contributed by atoms with Gasteiger partial charge in [0.25, 0.3) is 5.91 Å². The fraction of sp³-hybridized carbons (Fsp3) is 0.200. The molecule has 2 N–H and O–H groups in total. The van der Waals surface area contributed by atoms with Crippen LogP contribution in [0.4, 0.5) is 5.69 Å². The number of rotatable bonds is 7. The van der Waals surface area contributed by atoms with Crippen LogP contribution in [0.15, 0.2) is 42.5 Å². The maximum atomic E-state index is 12.0. The molecule has 7 heteroatoms. The van der Waals surface area contributed by atoms with Crippen molar-refractivity contribution in [2.24, 2.45) is 0 Å². The number of benzene rings is 2. The lowest BCUT2D eigenvalue weighted by Crippen LogP contribution is -2.35. The summed E-state index contributed by atoms with van der Waals surface area (Å²) in [5.74, 6) is -1.66. The third kappa shape index (κ3) is 5.78. The molecule has 2 aromatic carbocycles. The standard InChI is InChI=1S/C20H20N2O5/c1-13-4-3-5-14(2)19(13)22-17(24)10-21-18(25)12-27-20(26)16-8-6-15(11-23)7-9-16/h3-9,11H,10,12H2,1-2H3,(H,21,25)(H,22,24). The molecule has 0 aliphatic carbocycles. The van der Waals surface area contributed by atoms with E-state index >= 15 is 0 Å². The van der Waals surface area contributed by atoms with Gasteiger partial charge in [-0.25, -0.2) is 4.79 Å². The molecule has 0 aromatic heterocycles. The third-order valence-electron chi connectivity index (χ3n) is 3.81. The molecule has 0 spiro atoms. The average molecular weight is 368 g/mol. The molecule has 27 heavy (non-hydrogen) atoms. The van der Waals surface area contributed by atoms with Gasteiger partial charge in [-0.2, -0.15) is 0 Å². The van der Waals surface area contributed by atoms with Crippen molar-refractivity contribution in [1.29, 1.82) is 0 Å². The van der Waals surface area contributed by atoms with Gasteiger partial charge in [-0.15, -0.1) is 0 Å². The van der Waals surface area contributed by atoms with E-state index in [1.807, 2.05) is 32.0 Å². The van der Waals surface area contributed by atoms with Crippen LogP contribution in [0.2, 0.25) is 0 Å². The second-order valence-electron chi connectivity index (χ2n) is 5.91. The lowest BCUT2D eigenvalue weighted by molar-refractivity contribution is -0.126. The number of anilines is 1. The number of hydrogen-bond acceptors (Lipinski definition) is 5. The fourth-order valence-corrected chi connectivity index (χ4v) is 2.34. The molecule has 2 rings (SSSR count). The molecule has 0 unspecified atom stereocenters. The number of amides is 2. The number of hydrogen-bond donors (Lipinski definition) is 2. The summed E-state index contributed by atoms with van der Waals surface area (Å²) < 4.78 is 4.88. The molecule has 0 aliphatic rings. The third-order valence-corrected chi connectivity index (χ3v) is 3.81. The molecular weight excluding hydrogens is 348 g/mol. The van der Waals surface area contributed by atoms with E-state index in [1.54, 1.807) is 0 Å². The Morgan fingerprint density at radius 2 is 1.59 bits per heavy atom. The zero-order valence-corrected chi connectivity index (χ0v) is 15.1. The van der Waals surface area contributed by atoms with E-state index in [-0.39, 0.29) is 18.0 Å². The van der Waals surface area contributed by atoms with Crippen molar-refractivity contribution in [2.45, 2.75) is 13.8 Å². The van der Waals surface area contributed by atoms with Crippen LogP contribution < -0.4 is 10.6 Å². The molecule has 0 radical (unpaired) electrons. The monoisotopic (exact) mass is 368 g/mol. The van der Waals surface area contributed by atoms with Crippen LogP contribution in [0.1, 0.15) is 31.8 Å². The molecule has 0 atom stereocenters. The van der Waals surface area contributed by atoms with Crippen molar-refractivity contribution in [1.82, 2.24) is 5.32 Å². The maximum absolute atomic E-state index is 12.0. The van der Waals surface area contributed by atoms with Crippen molar-refractivity contribution >= 4 is 29.8 Å². The lowest BCUT2D eigenvalue weighted by atomic mass is 10.1. The summed E-state index contributed by atoms with van der Waals surface area (Å²) in [7, 11) is 0. The van der Waals surface area contributed by atoms with Gasteiger partial charge in [0, 0.05) is 11.3 Å². The number of carbonyl (C=O) groups is 4. The van der Waals surface area contributed by atoms with E-state index < -0.39 is 18.5 Å². The number of nitrogens with one attached hydrogen (secondary N) is 2. The number of para-hydroxylation sites is 1. The van der Waals surface area contributed by atoms with Gasteiger partial charge in [0.2, 0.25) is 5.91 Å². The second-order valence-corrected chi connectivity index (χ2v) is 5.91. The zero-order chi connectivity index (χ0) is 19.8. The molecular formula is C20H20N2O5. The highest BCUT2D eigenvalue weighted by Crippen LogP contribution is 2.18. The predicted molar refractivity (Wildman–Crippen MR) is 99.7 cm³/mol. The maximum Gasteiger partial charge on any atom is 0.338 e. The van der Waals surface area contributed by atoms with E-state index in [0.29, 0.717) is 17.5 Å². The molecule has 0 heterocycles. The molecule has 0 bridgehead atoms. The van der Waals surface area contributed by atoms with Gasteiger partial charge in [0.05, 0.1) is 12.1 Å². The first-order valence-electron chi connectivity index (χ1n) is 8.26. The SMILES string of the molecule is Cc1cccc(C)c1NC(=O)CNC(=O)COC(=O)c1ccc(C=O)cc1. The van der Waals surface area contributed by atoms with E-state index in [9.17, 15) is 19.2 Å². The van der Waals surface area contributed by atoms with Gasteiger partial charge in [0.1, 0.15) is 6.29 Å². The lowest BCUT2D eigenvalue weighted by Gasteiger charge is -2.12. The Morgan fingerprint density at radius 3 is 2.19 bits per heavy atom. The van der Waals surface area contributed by atoms with Crippen LogP contribution in [-0.2, 0) is 14.3 Å². The minimum Gasteiger partial charge on any atom is -0.452 e. The number of esters is 1. The number of aldehydes is 1. The van der Waals surface area contributed by atoms with Gasteiger partial charge < -0.3 is 15.4 Å². The zero-order valence-electron chi connectivity index (χ0n) is 15.1. The van der Waals surface area contributed by atoms with Gasteiger partial charge in [-0.05, 0) is 37.1 Å². The summed E-state index contributed by atoms with van der Waals surface area (Å²) in [5.41, 5.74) is 3.20. The van der Waals surface area contributed by atoms with Crippen molar-refractivity contribution in [3.63, 3.8) is 0 Å². The summed E-state index contributed by atoms with van der Waals surface area (Å²) in [6.07, 6.45) is 0.659. The normalized spacial score (nSPS) is 10.0. The Morgan fingerprint density at radius 1 is 0.963 bits per heavy atom. The highest BCUT2D eigenvalue weighted by molar-refractivity contribution is 5.96. The van der Waals surface area contributed by atoms with Crippen molar-refractivity contribution in [2.75, 3.05) is 18.5 Å². The predicted octanol–water partition coefficient (Wildman–Crippen LogP) is 2.03. The average Bonchev–Trinajstić information content (AvgIpc) is 2.67. The Bertz CT molecular complexity index is 839. The first kappa shape index (κ1) is 19.8. The number of carbonyl (C=O) groups excluding carboxylic acids is 4. The molecule has 7 nitrogen and oxygen atoms in total. The Balaban J connectivity index is 1.77. The highest BCUT2D eigenvalue weighted by atomic mass is 16.5. The van der Waals surface area contributed by atoms with Gasteiger partial charge in [-0.1, -0.05) is 30.3 Å². The molecule has 2 aromatic rings. The van der Waals surface area contributed by atoms with Crippen LogP contribution >= 0.6 is 0 Å². The molecule has 0 saturated carbocycles. The summed E-state index contributed by atoms with van der Waals surface area (Å²) in [6.45, 7) is 3.01. The first-order chi connectivity index (χ1) is 12.9. The van der Waals surface area contributed by atoms with Crippen molar-refractivity contribution < 1.29 is 23.9 Å². The van der Waals surface area contributed by atoms with E-state index in [4.69, 9.17) is 4.74 Å². The fourth-order valence-electron chi connectivity index (χ4n) is 2.34. The second kappa shape index (κ2) is 9.28. The Hall–Kier alpha value is -3.48. The van der Waals surface area contributed by atoms with Gasteiger partial charge in [0.15, 0.2) is 6.61 Å². The molecule has 140 valence electrons. The van der Waals surface area contributed by atoms with Crippen molar-refractivity contribution in [3.8, 4) is 0 Å². The van der Waals surface area contributed by atoms with Crippen LogP contribution in [0.5, 0.6) is 0 Å². The summed E-state index contributed by atoms with van der Waals surface area (Å²) in [4.78, 5) is 46.1. The Labute approximate surface area is 156 Å². The molecule has 0 fully saturated rings. The number of aryl methyl sites for hydroxylation is 2. The van der Waals surface area contributed by atoms with E-state index in [2.05, 4.69) is 10.6 Å². The largest absolute Gasteiger partial charge is 0.452 e. The topological polar surface area (TPSA) is 102 Å². The highest BCUT2D eigenvalue weighted by Gasteiger charge is 2.12. The van der Waals surface area contributed by atoms with E-state index in [1.165, 1.54) is 24.3 Å². The minimum absolute atomic E-state index is 0.223. The van der Waals surface area contributed by atoms with Gasteiger partial charge >= 0.3 is 5.97 Å². The smallest absolute Gasteiger partial charge is 0.338 e. The summed E-state index contributed by atoms with van der Waals surface area (Å²) >= 11 is 0. The molecule has 0 aliphatic heterocycles. The van der Waals surface area contributed by atoms with Crippen LogP contribution in [0.25, 0.3) is 0 Å². The minimum atomic E-state index is -0.692.